The minimum absolute atomic E-state index is 0.610. The number of hydrogen-bond acceptors (Lipinski definition) is 4. The van der Waals surface area contributed by atoms with Crippen LogP contribution in [0.15, 0.2) is 24.5 Å². The summed E-state index contributed by atoms with van der Waals surface area (Å²) in [6, 6.07) is 4.79. The Kier molecular flexibility index (Phi) is 5.95. The third-order valence-corrected chi connectivity index (χ3v) is 2.89. The van der Waals surface area contributed by atoms with Crippen molar-refractivity contribution >= 4 is 11.9 Å². The number of nitrogens with zero attached hydrogens (tertiary/aromatic N) is 2. The molecule has 2 heterocycles. The van der Waals surface area contributed by atoms with Crippen molar-refractivity contribution in [2.45, 2.75) is 25.3 Å². The Morgan fingerprint density at radius 3 is 2.47 bits per heavy atom. The summed E-state index contributed by atoms with van der Waals surface area (Å²) in [4.78, 5) is 25.4. The molecule has 1 aromatic heterocycles. The molecule has 0 bridgehead atoms. The molecule has 2 rings (SSSR count). The summed E-state index contributed by atoms with van der Waals surface area (Å²) in [7, 11) is 2.19. The molecule has 1 atom stereocenters. The van der Waals surface area contributed by atoms with Gasteiger partial charge < -0.3 is 10.2 Å². The fourth-order valence-electron chi connectivity index (χ4n) is 2.03. The number of aliphatic carboxylic acids is 2. The lowest BCUT2D eigenvalue weighted by Gasteiger charge is -2.18. The lowest BCUT2D eigenvalue weighted by Crippen LogP contribution is -2.17. The molecule has 0 aliphatic carbocycles. The molecule has 6 heteroatoms. The van der Waals surface area contributed by atoms with E-state index in [-0.39, 0.29) is 0 Å². The number of pyridine rings is 1. The molecule has 0 aromatic carbocycles. The highest BCUT2D eigenvalue weighted by molar-refractivity contribution is 5.88. The molecule has 1 unspecified atom stereocenters. The molecule has 104 valence electrons. The summed E-state index contributed by atoms with van der Waals surface area (Å²) in [5.74, 6) is -2.62. The van der Waals surface area contributed by atoms with Gasteiger partial charge in [-0.05, 0) is 38.1 Å². The molecule has 1 aliphatic heterocycles. The lowest BCUT2D eigenvalue weighted by atomic mass is 10.1. The molecule has 0 spiro atoms. The van der Waals surface area contributed by atoms with Gasteiger partial charge in [-0.15, -0.1) is 0 Å². The van der Waals surface area contributed by atoms with E-state index in [1.807, 2.05) is 18.5 Å². The van der Waals surface area contributed by atoms with Crippen LogP contribution in [-0.4, -0.2) is 45.6 Å². The van der Waals surface area contributed by atoms with Gasteiger partial charge in [-0.2, -0.15) is 0 Å². The number of carbonyl (C=O) groups is 2. The normalized spacial score (nSPS) is 18.5. The van der Waals surface area contributed by atoms with Gasteiger partial charge in [0.2, 0.25) is 0 Å². The second-order valence-electron chi connectivity index (χ2n) is 4.39. The van der Waals surface area contributed by atoms with Crippen LogP contribution >= 0.6 is 0 Å². The number of carboxylic acids is 2. The number of rotatable bonds is 3. The molecule has 6 nitrogen and oxygen atoms in total. The molecular formula is C13H18N2O4. The summed E-state index contributed by atoms with van der Waals surface area (Å²) in [6.07, 6.45) is 5.60. The second kappa shape index (κ2) is 7.48. The molecule has 0 amide bonds. The van der Waals surface area contributed by atoms with Crippen LogP contribution in [-0.2, 0) is 9.59 Å². The standard InChI is InChI=1S/C10H14N2.C3H4O4/c1-12-7-3-5-10(12)9-4-2-6-11-8-9;4-2(5)1-3(6)7/h2,4,6,8,10H,3,5,7H2,1H3;1H2,(H,4,5)(H,6,7). The zero-order valence-corrected chi connectivity index (χ0v) is 10.8. The average Bonchev–Trinajstić information content (AvgIpc) is 2.75. The highest BCUT2D eigenvalue weighted by Gasteiger charge is 2.21. The van der Waals surface area contributed by atoms with E-state index < -0.39 is 18.4 Å². The third kappa shape index (κ3) is 5.48. The first kappa shape index (κ1) is 15.1. The Balaban J connectivity index is 0.000000224. The van der Waals surface area contributed by atoms with Crippen LogP contribution in [0.3, 0.4) is 0 Å². The highest BCUT2D eigenvalue weighted by Crippen LogP contribution is 2.29. The van der Waals surface area contributed by atoms with Crippen molar-refractivity contribution < 1.29 is 19.8 Å². The van der Waals surface area contributed by atoms with Crippen LogP contribution in [0, 0.1) is 0 Å². The van der Waals surface area contributed by atoms with Crippen LogP contribution in [0.5, 0.6) is 0 Å². The topological polar surface area (TPSA) is 90.7 Å². The van der Waals surface area contributed by atoms with Gasteiger partial charge in [0.1, 0.15) is 6.42 Å². The number of aromatic nitrogens is 1. The van der Waals surface area contributed by atoms with E-state index in [1.54, 1.807) is 0 Å². The maximum absolute atomic E-state index is 9.43. The van der Waals surface area contributed by atoms with E-state index in [4.69, 9.17) is 10.2 Å². The van der Waals surface area contributed by atoms with Crippen molar-refractivity contribution in [1.82, 2.24) is 9.88 Å². The van der Waals surface area contributed by atoms with Gasteiger partial charge >= 0.3 is 11.9 Å². The molecular weight excluding hydrogens is 248 g/mol. The lowest BCUT2D eigenvalue weighted by molar-refractivity contribution is -0.147. The Morgan fingerprint density at radius 2 is 2.11 bits per heavy atom. The smallest absolute Gasteiger partial charge is 0.314 e. The molecule has 19 heavy (non-hydrogen) atoms. The number of likely N-dealkylation sites (tertiary alicyclic amines) is 1. The van der Waals surface area contributed by atoms with Crippen LogP contribution in [0.1, 0.15) is 30.9 Å². The van der Waals surface area contributed by atoms with Crippen LogP contribution < -0.4 is 0 Å². The van der Waals surface area contributed by atoms with Gasteiger partial charge in [-0.25, -0.2) is 0 Å². The Bertz CT molecular complexity index is 410. The van der Waals surface area contributed by atoms with Crippen molar-refractivity contribution in [3.8, 4) is 0 Å². The van der Waals surface area contributed by atoms with E-state index in [9.17, 15) is 9.59 Å². The van der Waals surface area contributed by atoms with Gasteiger partial charge in [0, 0.05) is 18.4 Å². The largest absolute Gasteiger partial charge is 0.481 e. The Morgan fingerprint density at radius 1 is 1.42 bits per heavy atom. The van der Waals surface area contributed by atoms with E-state index in [0.717, 1.165) is 0 Å². The summed E-state index contributed by atoms with van der Waals surface area (Å²) in [6.45, 7) is 1.22. The van der Waals surface area contributed by atoms with Crippen molar-refractivity contribution in [2.75, 3.05) is 13.6 Å². The van der Waals surface area contributed by atoms with Crippen LogP contribution in [0.25, 0.3) is 0 Å². The predicted octanol–water partition coefficient (Wildman–Crippen LogP) is 1.39. The zero-order valence-electron chi connectivity index (χ0n) is 10.8. The highest BCUT2D eigenvalue weighted by atomic mass is 16.4. The molecule has 1 saturated heterocycles. The first-order valence-electron chi connectivity index (χ1n) is 6.04. The molecule has 0 saturated carbocycles. The van der Waals surface area contributed by atoms with Crippen molar-refractivity contribution in [2.24, 2.45) is 0 Å². The first-order valence-corrected chi connectivity index (χ1v) is 6.04. The Hall–Kier alpha value is -1.95. The summed E-state index contributed by atoms with van der Waals surface area (Å²) in [5, 5.41) is 15.4. The Labute approximate surface area is 111 Å². The van der Waals surface area contributed by atoms with Crippen LogP contribution in [0.4, 0.5) is 0 Å². The van der Waals surface area contributed by atoms with Gasteiger partial charge in [0.25, 0.3) is 0 Å². The predicted molar refractivity (Wildman–Crippen MR) is 68.7 cm³/mol. The van der Waals surface area contributed by atoms with Gasteiger partial charge in [-0.3, -0.25) is 19.5 Å². The minimum Gasteiger partial charge on any atom is -0.481 e. The van der Waals surface area contributed by atoms with E-state index in [1.165, 1.54) is 24.9 Å². The van der Waals surface area contributed by atoms with Gasteiger partial charge in [0.05, 0.1) is 0 Å². The summed E-state index contributed by atoms with van der Waals surface area (Å²) < 4.78 is 0. The fourth-order valence-corrected chi connectivity index (χ4v) is 2.03. The quantitative estimate of drug-likeness (QED) is 0.803. The van der Waals surface area contributed by atoms with Gasteiger partial charge in [-0.1, -0.05) is 6.07 Å². The zero-order chi connectivity index (χ0) is 14.3. The van der Waals surface area contributed by atoms with E-state index >= 15 is 0 Å². The van der Waals surface area contributed by atoms with E-state index in [2.05, 4.69) is 23.0 Å². The van der Waals surface area contributed by atoms with Crippen molar-refractivity contribution in [1.29, 1.82) is 0 Å². The SMILES string of the molecule is CN1CCCC1c1cccnc1.O=C(O)CC(=O)O. The maximum atomic E-state index is 9.43. The number of carboxylic acid groups (broad SMARTS) is 2. The molecule has 1 aromatic rings. The molecule has 1 fully saturated rings. The van der Waals surface area contributed by atoms with Crippen molar-refractivity contribution in [3.63, 3.8) is 0 Å². The van der Waals surface area contributed by atoms with Crippen molar-refractivity contribution in [3.05, 3.63) is 30.1 Å². The monoisotopic (exact) mass is 266 g/mol. The molecule has 2 N–H and O–H groups in total. The fraction of sp³-hybridized carbons (Fsp3) is 0.462. The van der Waals surface area contributed by atoms with Crippen LogP contribution in [0.2, 0.25) is 0 Å². The van der Waals surface area contributed by atoms with E-state index in [0.29, 0.717) is 6.04 Å². The maximum Gasteiger partial charge on any atom is 0.314 e. The molecule has 0 radical (unpaired) electrons. The third-order valence-electron chi connectivity index (χ3n) is 2.89. The number of hydrogen-bond donors (Lipinski definition) is 2. The summed E-state index contributed by atoms with van der Waals surface area (Å²) >= 11 is 0. The first-order chi connectivity index (χ1) is 9.00. The molecule has 1 aliphatic rings. The van der Waals surface area contributed by atoms with Gasteiger partial charge in [0.15, 0.2) is 0 Å². The second-order valence-corrected chi connectivity index (χ2v) is 4.39. The average molecular weight is 266 g/mol. The minimum atomic E-state index is -1.31. The summed E-state index contributed by atoms with van der Waals surface area (Å²) in [5.41, 5.74) is 1.36.